The van der Waals surface area contributed by atoms with Crippen molar-refractivity contribution in [2.45, 2.75) is 42.8 Å². The molecule has 0 spiro atoms. The molecule has 0 bridgehead atoms. The van der Waals surface area contributed by atoms with Crippen LogP contribution in [0, 0.1) is 0 Å². The first kappa shape index (κ1) is 12.5. The van der Waals surface area contributed by atoms with Crippen LogP contribution in [0.25, 0.3) is 0 Å². The van der Waals surface area contributed by atoms with Crippen LogP contribution >= 0.6 is 20.6 Å². The second-order valence-electron chi connectivity index (χ2n) is 4.22. The normalized spacial score (nSPS) is 38.6. The largest absolute Gasteiger partial charge is 0.366 e. The van der Waals surface area contributed by atoms with Crippen molar-refractivity contribution >= 4 is 20.6 Å². The molecule has 0 aromatic rings. The van der Waals surface area contributed by atoms with Gasteiger partial charge in [-0.3, -0.25) is 0 Å². The first-order chi connectivity index (χ1) is 6.35. The maximum Gasteiger partial charge on any atom is 0.160 e. The van der Waals surface area contributed by atoms with Crippen molar-refractivity contribution in [1.82, 2.24) is 0 Å². The topological polar surface area (TPSA) is 29.5 Å². The van der Waals surface area contributed by atoms with E-state index in [0.717, 1.165) is 6.42 Å². The van der Waals surface area contributed by atoms with Crippen molar-refractivity contribution in [3.63, 3.8) is 0 Å². The summed E-state index contributed by atoms with van der Waals surface area (Å²) in [6.45, 7) is 9.36. The minimum atomic E-state index is -1.06. The van der Waals surface area contributed by atoms with E-state index in [1.165, 1.54) is 0 Å². The lowest BCUT2D eigenvalue weighted by molar-refractivity contribution is -0.201. The Bertz CT molecular complexity index is 215. The first-order valence-corrected chi connectivity index (χ1v) is 7.22. The lowest BCUT2D eigenvalue weighted by atomic mass is 10.2. The Labute approximate surface area is 92.9 Å². The molecule has 1 fully saturated rings. The van der Waals surface area contributed by atoms with E-state index in [4.69, 9.17) is 4.74 Å². The molecule has 1 saturated heterocycles. The molecule has 0 saturated carbocycles. The molecule has 2 unspecified atom stereocenters. The molecule has 1 N–H and O–H groups in total. The standard InChI is InChI=1S/C10H19O2PS/c1-5-7-6-8(9(14)13(7)4)12-10(2,3)11/h5,7-9,11,14H,1,6H2,2-4H3/t7?,8-,9-,13?/m0/s1. The molecule has 0 radical (unpaired) electrons. The Morgan fingerprint density at radius 1 is 1.64 bits per heavy atom. The molecule has 2 nitrogen and oxygen atoms in total. The van der Waals surface area contributed by atoms with Crippen LogP contribution in [0.3, 0.4) is 0 Å². The predicted octanol–water partition coefficient (Wildman–Crippen LogP) is 2.43. The van der Waals surface area contributed by atoms with Gasteiger partial charge in [-0.2, -0.15) is 12.6 Å². The number of ether oxygens (including phenoxy) is 1. The van der Waals surface area contributed by atoms with Gasteiger partial charge in [-0.05, 0) is 26.9 Å². The Morgan fingerprint density at radius 3 is 2.57 bits per heavy atom. The molecule has 0 aromatic heterocycles. The fourth-order valence-electron chi connectivity index (χ4n) is 1.73. The Kier molecular flexibility index (Phi) is 4.04. The Balaban J connectivity index is 2.61. The number of allylic oxidation sites excluding steroid dienone is 1. The van der Waals surface area contributed by atoms with Crippen molar-refractivity contribution in [2.75, 3.05) is 6.66 Å². The fourth-order valence-corrected chi connectivity index (χ4v) is 4.40. The molecular formula is C10H19O2PS. The predicted molar refractivity (Wildman–Crippen MR) is 65.4 cm³/mol. The van der Waals surface area contributed by atoms with Gasteiger partial charge >= 0.3 is 0 Å². The van der Waals surface area contributed by atoms with Crippen LogP contribution in [-0.2, 0) is 4.74 Å². The van der Waals surface area contributed by atoms with Crippen LogP contribution in [0.2, 0.25) is 0 Å². The number of rotatable bonds is 3. The summed E-state index contributed by atoms with van der Waals surface area (Å²) in [5.74, 6) is -1.06. The van der Waals surface area contributed by atoms with E-state index in [1.807, 2.05) is 6.08 Å². The third kappa shape index (κ3) is 2.96. The van der Waals surface area contributed by atoms with Gasteiger partial charge in [0.05, 0.1) is 6.10 Å². The van der Waals surface area contributed by atoms with Gasteiger partial charge in [-0.1, -0.05) is 14.0 Å². The summed E-state index contributed by atoms with van der Waals surface area (Å²) in [5, 5.41) is 9.57. The van der Waals surface area contributed by atoms with Gasteiger partial charge in [-0.15, -0.1) is 6.58 Å². The highest BCUT2D eigenvalue weighted by Gasteiger charge is 2.39. The maximum atomic E-state index is 9.57. The van der Waals surface area contributed by atoms with Crippen molar-refractivity contribution < 1.29 is 9.84 Å². The number of hydrogen-bond donors (Lipinski definition) is 2. The van der Waals surface area contributed by atoms with E-state index in [2.05, 4.69) is 25.9 Å². The van der Waals surface area contributed by atoms with Crippen molar-refractivity contribution in [3.05, 3.63) is 12.7 Å². The molecule has 1 aliphatic heterocycles. The molecular weight excluding hydrogens is 215 g/mol. The molecule has 14 heavy (non-hydrogen) atoms. The summed E-state index contributed by atoms with van der Waals surface area (Å²) in [6.07, 6.45) is 2.98. The summed E-state index contributed by atoms with van der Waals surface area (Å²) in [5.41, 5.74) is 0.514. The van der Waals surface area contributed by atoms with Gasteiger partial charge in [-0.25, -0.2) is 0 Å². The summed E-state index contributed by atoms with van der Waals surface area (Å²) < 4.78 is 5.56. The molecule has 0 aromatic carbocycles. The van der Waals surface area contributed by atoms with Gasteiger partial charge in [0, 0.05) is 10.7 Å². The average molecular weight is 234 g/mol. The molecule has 4 heteroatoms. The van der Waals surface area contributed by atoms with Gasteiger partial charge in [0.2, 0.25) is 0 Å². The van der Waals surface area contributed by atoms with Crippen LogP contribution in [-0.4, -0.2) is 34.3 Å². The number of aliphatic hydroxyl groups is 1. The summed E-state index contributed by atoms with van der Waals surface area (Å²) in [6, 6.07) is 0. The van der Waals surface area contributed by atoms with Crippen LogP contribution < -0.4 is 0 Å². The monoisotopic (exact) mass is 234 g/mol. The molecule has 82 valence electrons. The zero-order chi connectivity index (χ0) is 10.9. The van der Waals surface area contributed by atoms with Crippen molar-refractivity contribution in [1.29, 1.82) is 0 Å². The number of thiol groups is 1. The average Bonchev–Trinajstić information content (AvgIpc) is 2.30. The van der Waals surface area contributed by atoms with E-state index in [1.54, 1.807) is 13.8 Å². The highest BCUT2D eigenvalue weighted by atomic mass is 32.1. The summed E-state index contributed by atoms with van der Waals surface area (Å²) >= 11 is 4.55. The lowest BCUT2D eigenvalue weighted by Gasteiger charge is -2.26. The van der Waals surface area contributed by atoms with E-state index < -0.39 is 5.79 Å². The summed E-state index contributed by atoms with van der Waals surface area (Å²) in [4.78, 5) is 0.249. The second-order valence-corrected chi connectivity index (χ2v) is 7.74. The second kappa shape index (κ2) is 4.52. The highest BCUT2D eigenvalue weighted by molar-refractivity contribution is 7.90. The molecule has 0 amide bonds. The minimum Gasteiger partial charge on any atom is -0.366 e. The van der Waals surface area contributed by atoms with E-state index in [-0.39, 0.29) is 19.0 Å². The zero-order valence-electron chi connectivity index (χ0n) is 8.97. The van der Waals surface area contributed by atoms with Crippen molar-refractivity contribution in [2.24, 2.45) is 0 Å². The number of hydrogen-bond acceptors (Lipinski definition) is 3. The first-order valence-electron chi connectivity index (χ1n) is 4.78. The molecule has 1 heterocycles. The quantitative estimate of drug-likeness (QED) is 0.340. The van der Waals surface area contributed by atoms with Crippen LogP contribution in [0.15, 0.2) is 12.7 Å². The fraction of sp³-hybridized carbons (Fsp3) is 0.800. The molecule has 1 aliphatic rings. The van der Waals surface area contributed by atoms with E-state index in [9.17, 15) is 5.11 Å². The van der Waals surface area contributed by atoms with E-state index in [0.29, 0.717) is 5.66 Å². The van der Waals surface area contributed by atoms with Crippen LogP contribution in [0.5, 0.6) is 0 Å². The Morgan fingerprint density at radius 2 is 2.21 bits per heavy atom. The zero-order valence-corrected chi connectivity index (χ0v) is 10.8. The Hall–Kier alpha value is 0.440. The third-order valence-corrected chi connectivity index (χ3v) is 6.52. The van der Waals surface area contributed by atoms with E-state index >= 15 is 0 Å². The maximum absolute atomic E-state index is 9.57. The van der Waals surface area contributed by atoms with Gasteiger partial charge in [0.15, 0.2) is 5.79 Å². The minimum absolute atomic E-state index is 0.0532. The smallest absolute Gasteiger partial charge is 0.160 e. The van der Waals surface area contributed by atoms with Crippen LogP contribution in [0.4, 0.5) is 0 Å². The SMILES string of the molecule is C=CC1C[C@H](OC(C)(C)O)[C@H](S)P1C. The molecule has 1 rings (SSSR count). The molecule has 4 atom stereocenters. The summed E-state index contributed by atoms with van der Waals surface area (Å²) in [7, 11) is -0.172. The highest BCUT2D eigenvalue weighted by Crippen LogP contribution is 2.56. The third-order valence-electron chi connectivity index (χ3n) is 2.46. The van der Waals surface area contributed by atoms with Crippen LogP contribution in [0.1, 0.15) is 20.3 Å². The van der Waals surface area contributed by atoms with Gasteiger partial charge in [0.25, 0.3) is 0 Å². The lowest BCUT2D eigenvalue weighted by Crippen LogP contribution is -2.32. The van der Waals surface area contributed by atoms with Gasteiger partial charge in [0.1, 0.15) is 0 Å². The molecule has 0 aliphatic carbocycles. The van der Waals surface area contributed by atoms with Gasteiger partial charge < -0.3 is 9.84 Å². The van der Waals surface area contributed by atoms with Crippen molar-refractivity contribution in [3.8, 4) is 0 Å².